The molecule has 0 aromatic rings. The van der Waals surface area contributed by atoms with E-state index in [1.807, 2.05) is 27.7 Å². The van der Waals surface area contributed by atoms with Gasteiger partial charge in [-0.2, -0.15) is 0 Å². The van der Waals surface area contributed by atoms with Gasteiger partial charge in [0.2, 0.25) is 5.91 Å². The van der Waals surface area contributed by atoms with Crippen LogP contribution in [0, 0.1) is 5.92 Å². The van der Waals surface area contributed by atoms with Crippen LogP contribution in [0.25, 0.3) is 0 Å². The molecule has 3 nitrogen and oxygen atoms in total. The predicted molar refractivity (Wildman–Crippen MR) is 46.3 cm³/mol. The van der Waals surface area contributed by atoms with Crippen molar-refractivity contribution in [1.29, 1.82) is 0 Å². The summed E-state index contributed by atoms with van der Waals surface area (Å²) in [5.41, 5.74) is 0. The Morgan fingerprint density at radius 1 is 1.45 bits per heavy atom. The molecule has 0 fully saturated rings. The van der Waals surface area contributed by atoms with Gasteiger partial charge in [0.1, 0.15) is 0 Å². The van der Waals surface area contributed by atoms with Crippen molar-refractivity contribution in [2.75, 3.05) is 13.2 Å². The Kier molecular flexibility index (Phi) is 11.2. The van der Waals surface area contributed by atoms with Gasteiger partial charge in [0.05, 0.1) is 6.61 Å². The third-order valence-corrected chi connectivity index (χ3v) is 0.935. The van der Waals surface area contributed by atoms with Gasteiger partial charge in [-0.1, -0.05) is 27.7 Å². The molecule has 0 aliphatic heterocycles. The standard InChI is InChI=1S/C6H13NO2.C2H6/c1-5(2)6(9)7-3-4-8;1-2/h5,8H,3-4H2,1-2H3,(H,7,9);1-2H3. The maximum atomic E-state index is 10.7. The highest BCUT2D eigenvalue weighted by Gasteiger charge is 2.03. The van der Waals surface area contributed by atoms with Crippen LogP contribution in [0.5, 0.6) is 0 Å². The van der Waals surface area contributed by atoms with Crippen LogP contribution < -0.4 is 5.32 Å². The maximum absolute atomic E-state index is 10.7. The molecule has 11 heavy (non-hydrogen) atoms. The number of nitrogens with one attached hydrogen (secondary N) is 1. The lowest BCUT2D eigenvalue weighted by molar-refractivity contribution is -0.124. The summed E-state index contributed by atoms with van der Waals surface area (Å²) in [5.74, 6) is 0.000556. The van der Waals surface area contributed by atoms with Crippen LogP contribution in [0.3, 0.4) is 0 Å². The van der Waals surface area contributed by atoms with Crippen LogP contribution in [0.1, 0.15) is 27.7 Å². The van der Waals surface area contributed by atoms with Gasteiger partial charge in [-0.15, -0.1) is 0 Å². The van der Waals surface area contributed by atoms with Crippen molar-refractivity contribution >= 4 is 5.91 Å². The van der Waals surface area contributed by atoms with Crippen LogP contribution in [-0.2, 0) is 4.79 Å². The number of amides is 1. The first-order chi connectivity index (χ1) is 5.18. The average Bonchev–Trinajstić information content (AvgIpc) is 2.03. The van der Waals surface area contributed by atoms with Crippen LogP contribution in [0.4, 0.5) is 0 Å². The molecule has 0 aromatic carbocycles. The van der Waals surface area contributed by atoms with Crippen molar-refractivity contribution in [3.63, 3.8) is 0 Å². The molecule has 0 saturated carbocycles. The van der Waals surface area contributed by atoms with Crippen LogP contribution >= 0.6 is 0 Å². The SMILES string of the molecule is CC.CC(C)C(=O)NCCO. The molecular weight excluding hydrogens is 142 g/mol. The van der Waals surface area contributed by atoms with Gasteiger partial charge in [-0.25, -0.2) is 0 Å². The van der Waals surface area contributed by atoms with Gasteiger partial charge in [0, 0.05) is 12.5 Å². The lowest BCUT2D eigenvalue weighted by atomic mass is 10.2. The van der Waals surface area contributed by atoms with Gasteiger partial charge in [0.15, 0.2) is 0 Å². The van der Waals surface area contributed by atoms with E-state index in [0.29, 0.717) is 6.54 Å². The van der Waals surface area contributed by atoms with Gasteiger partial charge >= 0.3 is 0 Å². The fourth-order valence-electron chi connectivity index (χ4n) is 0.383. The highest BCUT2D eigenvalue weighted by Crippen LogP contribution is 1.88. The smallest absolute Gasteiger partial charge is 0.222 e. The molecule has 0 bridgehead atoms. The molecule has 0 aliphatic rings. The summed E-state index contributed by atoms with van der Waals surface area (Å²) in [6.07, 6.45) is 0. The topological polar surface area (TPSA) is 49.3 Å². The monoisotopic (exact) mass is 161 g/mol. The third kappa shape index (κ3) is 9.43. The molecule has 0 aromatic heterocycles. The fraction of sp³-hybridized carbons (Fsp3) is 0.875. The number of carbonyl (C=O) groups excluding carboxylic acids is 1. The van der Waals surface area contributed by atoms with Gasteiger partial charge in [0.25, 0.3) is 0 Å². The Labute approximate surface area is 68.8 Å². The number of aliphatic hydroxyl groups excluding tert-OH is 1. The summed E-state index contributed by atoms with van der Waals surface area (Å²) < 4.78 is 0. The van der Waals surface area contributed by atoms with Crippen molar-refractivity contribution < 1.29 is 9.90 Å². The Morgan fingerprint density at radius 2 is 1.91 bits per heavy atom. The largest absolute Gasteiger partial charge is 0.395 e. The maximum Gasteiger partial charge on any atom is 0.222 e. The molecule has 0 heterocycles. The van der Waals surface area contributed by atoms with E-state index >= 15 is 0 Å². The van der Waals surface area contributed by atoms with E-state index < -0.39 is 0 Å². The van der Waals surface area contributed by atoms with E-state index in [1.54, 1.807) is 0 Å². The number of hydrogen-bond donors (Lipinski definition) is 2. The van der Waals surface area contributed by atoms with E-state index in [-0.39, 0.29) is 18.4 Å². The van der Waals surface area contributed by atoms with E-state index in [1.165, 1.54) is 0 Å². The van der Waals surface area contributed by atoms with Crippen LogP contribution in [0.2, 0.25) is 0 Å². The third-order valence-electron chi connectivity index (χ3n) is 0.935. The summed E-state index contributed by atoms with van der Waals surface area (Å²) in [5, 5.41) is 10.8. The molecule has 3 heteroatoms. The lowest BCUT2D eigenvalue weighted by Gasteiger charge is -2.04. The molecule has 0 atom stereocenters. The van der Waals surface area contributed by atoms with Crippen molar-refractivity contribution in [3.05, 3.63) is 0 Å². The molecule has 0 unspecified atom stereocenters. The molecule has 0 aliphatic carbocycles. The summed E-state index contributed by atoms with van der Waals surface area (Å²) in [6, 6.07) is 0. The lowest BCUT2D eigenvalue weighted by Crippen LogP contribution is -2.29. The average molecular weight is 161 g/mol. The Morgan fingerprint density at radius 3 is 2.18 bits per heavy atom. The number of carbonyl (C=O) groups is 1. The van der Waals surface area contributed by atoms with E-state index in [9.17, 15) is 4.79 Å². The number of aliphatic hydroxyl groups is 1. The van der Waals surface area contributed by atoms with E-state index in [0.717, 1.165) is 0 Å². The van der Waals surface area contributed by atoms with Crippen molar-refractivity contribution in [3.8, 4) is 0 Å². The highest BCUT2D eigenvalue weighted by atomic mass is 16.3. The first-order valence-corrected chi connectivity index (χ1v) is 4.07. The van der Waals surface area contributed by atoms with Crippen LogP contribution in [-0.4, -0.2) is 24.2 Å². The normalized spacial score (nSPS) is 8.55. The van der Waals surface area contributed by atoms with E-state index in [4.69, 9.17) is 5.11 Å². The molecule has 68 valence electrons. The summed E-state index contributed by atoms with van der Waals surface area (Å²) in [4.78, 5) is 10.7. The second kappa shape index (κ2) is 9.43. The highest BCUT2D eigenvalue weighted by molar-refractivity contribution is 5.77. The molecule has 0 spiro atoms. The Bertz CT molecular complexity index is 92.1. The van der Waals surface area contributed by atoms with Crippen molar-refractivity contribution in [1.82, 2.24) is 5.32 Å². The van der Waals surface area contributed by atoms with E-state index in [2.05, 4.69) is 5.32 Å². The number of hydrogen-bond acceptors (Lipinski definition) is 2. The minimum atomic E-state index is -0.0101. The Hall–Kier alpha value is -0.570. The zero-order chi connectivity index (χ0) is 9.28. The predicted octanol–water partition coefficient (Wildman–Crippen LogP) is 0.777. The minimum Gasteiger partial charge on any atom is -0.395 e. The summed E-state index contributed by atoms with van der Waals surface area (Å²) in [6.45, 7) is 7.99. The molecular formula is C8H19NO2. The van der Waals surface area contributed by atoms with Crippen molar-refractivity contribution in [2.24, 2.45) is 5.92 Å². The molecule has 0 rings (SSSR count). The van der Waals surface area contributed by atoms with Gasteiger partial charge in [-0.3, -0.25) is 4.79 Å². The first kappa shape index (κ1) is 13.1. The summed E-state index contributed by atoms with van der Waals surface area (Å²) >= 11 is 0. The first-order valence-electron chi connectivity index (χ1n) is 4.07. The molecule has 1 amide bonds. The molecule has 0 saturated heterocycles. The van der Waals surface area contributed by atoms with Crippen molar-refractivity contribution in [2.45, 2.75) is 27.7 Å². The Balaban J connectivity index is 0. The second-order valence-electron chi connectivity index (χ2n) is 2.17. The quantitative estimate of drug-likeness (QED) is 0.642. The van der Waals surface area contributed by atoms with Crippen LogP contribution in [0.15, 0.2) is 0 Å². The minimum absolute atomic E-state index is 0.0101. The van der Waals surface area contributed by atoms with Gasteiger partial charge in [-0.05, 0) is 0 Å². The fourth-order valence-corrected chi connectivity index (χ4v) is 0.383. The van der Waals surface area contributed by atoms with Gasteiger partial charge < -0.3 is 10.4 Å². The number of rotatable bonds is 3. The molecule has 0 radical (unpaired) electrons. The second-order valence-corrected chi connectivity index (χ2v) is 2.17. The summed E-state index contributed by atoms with van der Waals surface area (Å²) in [7, 11) is 0. The molecule has 2 N–H and O–H groups in total. The zero-order valence-electron chi connectivity index (χ0n) is 7.85. The zero-order valence-corrected chi connectivity index (χ0v) is 7.85.